The minimum Gasteiger partial charge on any atom is -0.497 e. The van der Waals surface area contributed by atoms with Crippen molar-refractivity contribution in [2.75, 3.05) is 7.11 Å². The summed E-state index contributed by atoms with van der Waals surface area (Å²) in [5.74, 6) is 1.71. The smallest absolute Gasteiger partial charge is 0.133 e. The van der Waals surface area contributed by atoms with Crippen LogP contribution in [0.25, 0.3) is 11.3 Å². The summed E-state index contributed by atoms with van der Waals surface area (Å²) in [6.45, 7) is 9.21. The second-order valence-electron chi connectivity index (χ2n) is 10.1. The van der Waals surface area contributed by atoms with Crippen LogP contribution in [-0.4, -0.2) is 32.9 Å². The van der Waals surface area contributed by atoms with E-state index in [4.69, 9.17) is 4.74 Å². The van der Waals surface area contributed by atoms with Crippen molar-refractivity contribution in [3.8, 4) is 17.0 Å². The number of ether oxygens (including phenoxy) is 1. The van der Waals surface area contributed by atoms with Gasteiger partial charge in [-0.3, -0.25) is 9.78 Å². The molecule has 0 saturated heterocycles. The van der Waals surface area contributed by atoms with E-state index >= 15 is 0 Å². The number of carbonyl (C=O) groups is 1. The number of methoxy groups -OCH3 is 1. The first kappa shape index (κ1) is 24.6. The van der Waals surface area contributed by atoms with Crippen LogP contribution in [0.2, 0.25) is 0 Å². The topological polar surface area (TPSA) is 69.9 Å². The molecule has 2 aromatic heterocycles. The minimum absolute atomic E-state index is 0.0749. The molecule has 33 heavy (non-hydrogen) atoms. The normalized spacial score (nSPS) is 12.5. The lowest BCUT2D eigenvalue weighted by Gasteiger charge is -2.17. The van der Waals surface area contributed by atoms with Gasteiger partial charge in [0.15, 0.2) is 0 Å². The highest BCUT2D eigenvalue weighted by Gasteiger charge is 2.16. The van der Waals surface area contributed by atoms with Gasteiger partial charge in [-0.05, 0) is 60.4 Å². The fourth-order valence-electron chi connectivity index (χ4n) is 3.85. The van der Waals surface area contributed by atoms with Gasteiger partial charge >= 0.3 is 0 Å². The number of hydrogen-bond acceptors (Lipinski definition) is 5. The number of aromatic nitrogens is 4. The molecule has 0 spiro atoms. The Labute approximate surface area is 197 Å². The predicted molar refractivity (Wildman–Crippen MR) is 131 cm³/mol. The molecule has 0 radical (unpaired) electrons. The number of rotatable bonds is 11. The highest BCUT2D eigenvalue weighted by molar-refractivity contribution is 5.78. The second kappa shape index (κ2) is 11.2. The number of carbonyl (C=O) groups excluding carboxylic acids is 1. The van der Waals surface area contributed by atoms with Gasteiger partial charge in [0.2, 0.25) is 0 Å². The average molecular weight is 449 g/mol. The van der Waals surface area contributed by atoms with E-state index in [0.29, 0.717) is 31.1 Å². The van der Waals surface area contributed by atoms with E-state index in [1.54, 1.807) is 13.3 Å². The quantitative estimate of drug-likeness (QED) is 0.373. The van der Waals surface area contributed by atoms with Gasteiger partial charge in [-0.2, -0.15) is 0 Å². The first-order valence-electron chi connectivity index (χ1n) is 11.7. The maximum absolute atomic E-state index is 12.1. The van der Waals surface area contributed by atoms with Gasteiger partial charge in [-0.1, -0.05) is 45.0 Å². The SMILES string of the molecule is COc1ccc(Cn2nncc2-c2ccc(CCC(C)CCC(=O)CC(C)(C)C)nc2)cc1. The van der Waals surface area contributed by atoms with Crippen LogP contribution in [-0.2, 0) is 17.8 Å². The largest absolute Gasteiger partial charge is 0.497 e. The molecule has 1 aromatic carbocycles. The monoisotopic (exact) mass is 448 g/mol. The number of benzene rings is 1. The molecule has 0 aliphatic heterocycles. The molecule has 1 unspecified atom stereocenters. The molecule has 176 valence electrons. The Morgan fingerprint density at radius 1 is 1.06 bits per heavy atom. The van der Waals surface area contributed by atoms with Crippen molar-refractivity contribution >= 4 is 5.78 Å². The molecule has 0 aliphatic rings. The van der Waals surface area contributed by atoms with E-state index in [2.05, 4.69) is 55.1 Å². The van der Waals surface area contributed by atoms with Gasteiger partial charge < -0.3 is 4.74 Å². The Morgan fingerprint density at radius 3 is 2.45 bits per heavy atom. The van der Waals surface area contributed by atoms with E-state index < -0.39 is 0 Å². The first-order chi connectivity index (χ1) is 15.7. The molecule has 3 rings (SSSR count). The molecule has 0 amide bonds. The summed E-state index contributed by atoms with van der Waals surface area (Å²) >= 11 is 0. The van der Waals surface area contributed by atoms with E-state index in [1.165, 1.54) is 0 Å². The molecule has 3 aromatic rings. The lowest BCUT2D eigenvalue weighted by atomic mass is 9.87. The molecule has 0 N–H and O–H groups in total. The zero-order valence-corrected chi connectivity index (χ0v) is 20.5. The third-order valence-electron chi connectivity index (χ3n) is 5.77. The number of hydrogen-bond donors (Lipinski definition) is 0. The maximum atomic E-state index is 12.1. The first-order valence-corrected chi connectivity index (χ1v) is 11.7. The summed E-state index contributed by atoms with van der Waals surface area (Å²) in [6, 6.07) is 12.1. The fraction of sp³-hybridized carbons (Fsp3) is 0.481. The average Bonchev–Trinajstić information content (AvgIpc) is 3.24. The minimum atomic E-state index is 0.0749. The third kappa shape index (κ3) is 7.81. The van der Waals surface area contributed by atoms with Crippen LogP contribution >= 0.6 is 0 Å². The number of pyridine rings is 1. The van der Waals surface area contributed by atoms with Crippen LogP contribution in [0.15, 0.2) is 48.8 Å². The van der Waals surface area contributed by atoms with E-state index in [-0.39, 0.29) is 5.41 Å². The lowest BCUT2D eigenvalue weighted by molar-refractivity contribution is -0.121. The predicted octanol–water partition coefficient (Wildman–Crippen LogP) is 5.75. The van der Waals surface area contributed by atoms with Gasteiger partial charge in [0.05, 0.1) is 25.5 Å². The van der Waals surface area contributed by atoms with Crippen LogP contribution in [0.3, 0.4) is 0 Å². The molecule has 0 fully saturated rings. The van der Waals surface area contributed by atoms with Gasteiger partial charge in [0.1, 0.15) is 11.5 Å². The van der Waals surface area contributed by atoms with Crippen molar-refractivity contribution in [3.63, 3.8) is 0 Å². The molecule has 0 bridgehead atoms. The number of nitrogens with zero attached hydrogens (tertiary/aromatic N) is 4. The van der Waals surface area contributed by atoms with Crippen LogP contribution in [0.1, 0.15) is 64.6 Å². The summed E-state index contributed by atoms with van der Waals surface area (Å²) in [5, 5.41) is 8.35. The second-order valence-corrected chi connectivity index (χ2v) is 10.1. The number of Topliss-reactive ketones (excluding diaryl/α,β-unsaturated/α-hetero) is 1. The van der Waals surface area contributed by atoms with Gasteiger partial charge in [-0.15, -0.1) is 5.10 Å². The molecule has 1 atom stereocenters. The van der Waals surface area contributed by atoms with Crippen LogP contribution < -0.4 is 4.74 Å². The summed E-state index contributed by atoms with van der Waals surface area (Å²) in [7, 11) is 1.66. The summed E-state index contributed by atoms with van der Waals surface area (Å²) in [6.07, 6.45) is 7.91. The number of aryl methyl sites for hydroxylation is 1. The van der Waals surface area contributed by atoms with Crippen LogP contribution in [0, 0.1) is 11.3 Å². The van der Waals surface area contributed by atoms with Crippen molar-refractivity contribution in [2.45, 2.75) is 66.3 Å². The Kier molecular flexibility index (Phi) is 8.37. The Bertz CT molecular complexity index is 1020. The van der Waals surface area contributed by atoms with Crippen LogP contribution in [0.4, 0.5) is 0 Å². The standard InChI is InChI=1S/C27H36N4O2/c1-20(7-13-24(32)16-27(2,3)4)6-11-23-12-10-22(17-28-23)26-18-29-30-31(26)19-21-8-14-25(33-5)15-9-21/h8-10,12,14-15,17-18,20H,6-7,11,13,16,19H2,1-5H3. The molecule has 6 heteroatoms. The fourth-order valence-corrected chi connectivity index (χ4v) is 3.85. The molecular weight excluding hydrogens is 412 g/mol. The van der Waals surface area contributed by atoms with E-state index in [0.717, 1.165) is 47.5 Å². The molecule has 6 nitrogen and oxygen atoms in total. The third-order valence-corrected chi connectivity index (χ3v) is 5.77. The van der Waals surface area contributed by atoms with E-state index in [1.807, 2.05) is 35.1 Å². The molecule has 0 aliphatic carbocycles. The lowest BCUT2D eigenvalue weighted by Crippen LogP contribution is -2.13. The summed E-state index contributed by atoms with van der Waals surface area (Å²) in [5.41, 5.74) is 4.21. The Balaban J connectivity index is 1.52. The van der Waals surface area contributed by atoms with Crippen molar-refractivity contribution in [1.82, 2.24) is 20.0 Å². The Morgan fingerprint density at radius 2 is 1.82 bits per heavy atom. The van der Waals surface area contributed by atoms with Crippen molar-refractivity contribution in [2.24, 2.45) is 11.3 Å². The molecule has 0 saturated carbocycles. The zero-order valence-electron chi connectivity index (χ0n) is 20.5. The maximum Gasteiger partial charge on any atom is 0.133 e. The van der Waals surface area contributed by atoms with E-state index in [9.17, 15) is 4.79 Å². The van der Waals surface area contributed by atoms with Gasteiger partial charge in [-0.25, -0.2) is 4.68 Å². The summed E-state index contributed by atoms with van der Waals surface area (Å²) < 4.78 is 7.11. The highest BCUT2D eigenvalue weighted by Crippen LogP contribution is 2.23. The highest BCUT2D eigenvalue weighted by atomic mass is 16.5. The van der Waals surface area contributed by atoms with Crippen LogP contribution in [0.5, 0.6) is 5.75 Å². The molecule has 2 heterocycles. The number of ketones is 1. The zero-order chi connectivity index (χ0) is 23.8. The molecular formula is C27H36N4O2. The van der Waals surface area contributed by atoms with Gasteiger partial charge in [0.25, 0.3) is 0 Å². The van der Waals surface area contributed by atoms with Gasteiger partial charge in [0, 0.05) is 30.3 Å². The Hall–Kier alpha value is -3.02. The van der Waals surface area contributed by atoms with Crippen molar-refractivity contribution < 1.29 is 9.53 Å². The summed E-state index contributed by atoms with van der Waals surface area (Å²) in [4.78, 5) is 16.8. The van der Waals surface area contributed by atoms with Crippen molar-refractivity contribution in [1.29, 1.82) is 0 Å². The van der Waals surface area contributed by atoms with Crippen molar-refractivity contribution in [3.05, 3.63) is 60.0 Å².